The molecule has 280 valence electrons. The van der Waals surface area contributed by atoms with E-state index in [1.807, 2.05) is 0 Å². The molecule has 0 radical (unpaired) electrons. The van der Waals surface area contributed by atoms with E-state index in [0.29, 0.717) is 6.92 Å². The molecular weight excluding hydrogens is 792 g/mol. The van der Waals surface area contributed by atoms with E-state index in [4.69, 9.17) is 0 Å². The molecule has 0 N–H and O–H groups in total. The van der Waals surface area contributed by atoms with Gasteiger partial charge in [-0.15, -0.1) is 0 Å². The average Bonchev–Trinajstić information content (AvgIpc) is 2.75. The van der Waals surface area contributed by atoms with Crippen molar-refractivity contribution in [3.8, 4) is 0 Å². The summed E-state index contributed by atoms with van der Waals surface area (Å²) in [6.45, 7) is -1.56. The third-order valence-corrected chi connectivity index (χ3v) is 8.93. The van der Waals surface area contributed by atoms with E-state index in [-0.39, 0.29) is 0 Å². The number of hydrogen-bond acceptors (Lipinski definition) is 12. The lowest BCUT2D eigenvalue weighted by Gasteiger charge is -2.22. The molecule has 0 bridgehead atoms. The fourth-order valence-electron chi connectivity index (χ4n) is 1.72. The maximum atomic E-state index is 12.7. The van der Waals surface area contributed by atoms with Crippen LogP contribution in [0.15, 0.2) is 0 Å². The van der Waals surface area contributed by atoms with Crippen molar-refractivity contribution in [3.05, 3.63) is 0 Å². The first kappa shape index (κ1) is 46.6. The predicted octanol–water partition coefficient (Wildman–Crippen LogP) is 4.27. The highest BCUT2D eigenvalue weighted by Crippen LogP contribution is 2.42. The summed E-state index contributed by atoms with van der Waals surface area (Å²) in [5, 5.41) is -12.7. The van der Waals surface area contributed by atoms with Crippen molar-refractivity contribution in [3.63, 3.8) is 0 Å². The van der Waals surface area contributed by atoms with Gasteiger partial charge in [0.05, 0.1) is 25.4 Å². The largest absolute Gasteiger partial charge is 0.523 e. The van der Waals surface area contributed by atoms with Gasteiger partial charge in [-0.2, -0.15) is 104 Å². The van der Waals surface area contributed by atoms with Crippen LogP contribution in [0, 0.1) is 0 Å². The van der Waals surface area contributed by atoms with Gasteiger partial charge in [0.1, 0.15) is 0 Å². The smallest absolute Gasteiger partial charge is 0.265 e. The van der Waals surface area contributed by atoms with E-state index in [1.165, 1.54) is 0 Å². The predicted molar refractivity (Wildman–Crippen MR) is 112 cm³/mol. The Morgan fingerprint density at radius 1 is 0.435 bits per heavy atom. The fraction of sp³-hybridized carbons (Fsp3) is 1.00. The van der Waals surface area contributed by atoms with Crippen LogP contribution in [0.25, 0.3) is 0 Å². The number of hydrogen-bond donors (Lipinski definition) is 0. The molecule has 0 saturated heterocycles. The second-order valence-electron chi connectivity index (χ2n) is 7.77. The molecule has 0 saturated carbocycles. The summed E-state index contributed by atoms with van der Waals surface area (Å²) in [5.74, 6) is 0. The van der Waals surface area contributed by atoms with Crippen molar-refractivity contribution in [2.75, 3.05) is 13.2 Å². The van der Waals surface area contributed by atoms with Crippen molar-refractivity contribution in [2.24, 2.45) is 0 Å². The first-order valence-electron chi connectivity index (χ1n) is 10.4. The zero-order chi connectivity index (χ0) is 37.8. The molecule has 46 heavy (non-hydrogen) atoms. The van der Waals surface area contributed by atoms with Crippen molar-refractivity contribution in [1.29, 1.82) is 0 Å². The third kappa shape index (κ3) is 12.5. The van der Waals surface area contributed by atoms with Gasteiger partial charge >= 0.3 is 74.4 Å². The van der Waals surface area contributed by atoms with Crippen LogP contribution in [0.1, 0.15) is 26.7 Å². The van der Waals surface area contributed by atoms with Crippen LogP contribution in [0.4, 0.5) is 70.2 Å². The Morgan fingerprint density at radius 2 is 0.696 bits per heavy atom. The van der Waals surface area contributed by atoms with E-state index in [1.54, 1.807) is 0 Å². The van der Waals surface area contributed by atoms with Gasteiger partial charge in [0.25, 0.3) is 0 Å². The molecule has 0 fully saturated rings. The minimum atomic E-state index is -6.63. The lowest BCUT2D eigenvalue weighted by Crippen LogP contribution is -2.46. The highest BCUT2D eigenvalue weighted by molar-refractivity contribution is 7.88. The summed E-state index contributed by atoms with van der Waals surface area (Å²) in [5.41, 5.74) is -11.4. The molecule has 2 unspecified atom stereocenters. The summed E-state index contributed by atoms with van der Waals surface area (Å²) in [6, 6.07) is 0. The second kappa shape index (κ2) is 15.0. The molecule has 0 aliphatic heterocycles. The topological polar surface area (TPSA) is 173 Å². The average molecular weight is 809 g/mol. The minimum Gasteiger partial charge on any atom is -0.265 e. The Labute approximate surface area is 247 Å². The molecule has 0 aliphatic rings. The summed E-state index contributed by atoms with van der Waals surface area (Å²) in [4.78, 5) is 0. The van der Waals surface area contributed by atoms with Gasteiger partial charge in [0, 0.05) is 0 Å². The van der Waals surface area contributed by atoms with Crippen LogP contribution in [-0.4, -0.2) is 93.0 Å². The van der Waals surface area contributed by atoms with Gasteiger partial charge in [-0.1, -0.05) is 0 Å². The van der Waals surface area contributed by atoms with Crippen LogP contribution in [-0.2, 0) is 57.2 Å². The van der Waals surface area contributed by atoms with Crippen molar-refractivity contribution < 1.29 is 121 Å². The summed E-state index contributed by atoms with van der Waals surface area (Å²) in [6.07, 6.45) is -19.1. The van der Waals surface area contributed by atoms with Crippen LogP contribution in [0.2, 0.25) is 0 Å². The molecule has 0 aliphatic carbocycles. The molecule has 0 rings (SSSR count). The van der Waals surface area contributed by atoms with Gasteiger partial charge in [-0.25, -0.2) is 0 Å². The molecule has 32 heteroatoms. The van der Waals surface area contributed by atoms with Crippen LogP contribution in [0.3, 0.4) is 0 Å². The number of halogens is 16. The van der Waals surface area contributed by atoms with Crippen LogP contribution < -0.4 is 0 Å². The zero-order valence-electron chi connectivity index (χ0n) is 21.6. The monoisotopic (exact) mass is 808 g/mol. The molecule has 0 aromatic rings. The van der Waals surface area contributed by atoms with Gasteiger partial charge in [-0.3, -0.25) is 16.7 Å². The fourth-order valence-corrected chi connectivity index (χ4v) is 4.48. The molecule has 0 amide bonds. The van der Waals surface area contributed by atoms with Gasteiger partial charge in [0.2, 0.25) is 0 Å². The third-order valence-electron chi connectivity index (χ3n) is 3.96. The Balaban J connectivity index is 0. The summed E-state index contributed by atoms with van der Waals surface area (Å²) in [7, 11) is -25.0. The van der Waals surface area contributed by atoms with E-state index < -0.39 is 113 Å². The lowest BCUT2D eigenvalue weighted by atomic mass is 10.3. The second-order valence-corrected chi connectivity index (χ2v) is 14.2. The SMILES string of the molecule is CC(CCOS(=O)(=O)C(F)(F)C(F)(F)F)OS(=O)(=O)C(F)(F)C(F)(F)F.CC(CCOS(=O)(=O)C(F)(F)F)OS(=O)(=O)C(F)(F)F. The maximum Gasteiger partial charge on any atom is 0.523 e. The Hall–Kier alpha value is -1.48. The van der Waals surface area contributed by atoms with Crippen LogP contribution >= 0.6 is 0 Å². The van der Waals surface area contributed by atoms with E-state index in [9.17, 15) is 104 Å². The van der Waals surface area contributed by atoms with E-state index in [2.05, 4.69) is 16.7 Å². The highest BCUT2D eigenvalue weighted by Gasteiger charge is 2.69. The minimum absolute atomic E-state index is 0.488. The molecule has 0 heterocycles. The standard InChI is InChI=1S/C8H8F10O6S2.C6H8F6O6S2/c1-4(24-26(21,22)8(17,18)6(12,13)14)2-3-23-25(19,20)7(15,16)5(9,10)11;1-4(18-20(15,16)6(10,11)12)2-3-17-19(13,14)5(7,8)9/h4H,2-3H2,1H3;4H,2-3H2,1H3. The number of alkyl halides is 16. The lowest BCUT2D eigenvalue weighted by molar-refractivity contribution is -0.244. The molecule has 0 aromatic carbocycles. The van der Waals surface area contributed by atoms with E-state index in [0.717, 1.165) is 6.92 Å². The summed E-state index contributed by atoms with van der Waals surface area (Å²) < 4.78 is 292. The molecule has 2 atom stereocenters. The van der Waals surface area contributed by atoms with Crippen molar-refractivity contribution >= 4 is 40.5 Å². The van der Waals surface area contributed by atoms with Gasteiger partial charge in [-0.05, 0) is 26.7 Å². The Kier molecular flexibility index (Phi) is 15.2. The van der Waals surface area contributed by atoms with Crippen LogP contribution in [0.5, 0.6) is 0 Å². The first-order valence-corrected chi connectivity index (χ1v) is 16.0. The van der Waals surface area contributed by atoms with Crippen molar-refractivity contribution in [1.82, 2.24) is 0 Å². The maximum absolute atomic E-state index is 12.7. The normalized spacial score (nSPS) is 16.4. The zero-order valence-corrected chi connectivity index (χ0v) is 24.8. The van der Waals surface area contributed by atoms with Crippen molar-refractivity contribution in [2.45, 2.75) is 72.8 Å². The molecule has 12 nitrogen and oxygen atoms in total. The molecule has 0 spiro atoms. The number of rotatable bonds is 14. The quantitative estimate of drug-likeness (QED) is 0.139. The van der Waals surface area contributed by atoms with E-state index >= 15 is 0 Å². The van der Waals surface area contributed by atoms with Gasteiger partial charge < -0.3 is 0 Å². The highest BCUT2D eigenvalue weighted by atomic mass is 32.2. The Morgan fingerprint density at radius 3 is 0.978 bits per heavy atom. The molecule has 0 aromatic heterocycles. The molecular formula is C14H16F16O12S4. The Bertz CT molecular complexity index is 1430. The van der Waals surface area contributed by atoms with Gasteiger partial charge in [0.15, 0.2) is 0 Å². The first-order chi connectivity index (χ1) is 19.7. The summed E-state index contributed by atoms with van der Waals surface area (Å²) >= 11 is 0.